The van der Waals surface area contributed by atoms with E-state index in [1.54, 1.807) is 12.1 Å². The number of halogens is 3. The van der Waals surface area contributed by atoms with Crippen LogP contribution in [0.1, 0.15) is 18.4 Å². The SMILES string of the molecule is CSc1ccccc1-c1ccc(NC(=O)C2CCCN2C(=O)O)c(C(F)(F)F)c1. The molecule has 1 fully saturated rings. The van der Waals surface area contributed by atoms with Crippen LogP contribution in [0.15, 0.2) is 47.4 Å². The lowest BCUT2D eigenvalue weighted by molar-refractivity contribution is -0.137. The topological polar surface area (TPSA) is 69.6 Å². The lowest BCUT2D eigenvalue weighted by Crippen LogP contribution is -2.42. The Kier molecular flexibility index (Phi) is 6.07. The van der Waals surface area contributed by atoms with Gasteiger partial charge in [-0.15, -0.1) is 11.8 Å². The molecule has 3 rings (SSSR count). The summed E-state index contributed by atoms with van der Waals surface area (Å²) < 4.78 is 41.1. The molecule has 1 unspecified atom stereocenters. The predicted octanol–water partition coefficient (Wildman–Crippen LogP) is 5.18. The molecular formula is C20H19F3N2O3S. The number of hydrogen-bond donors (Lipinski definition) is 2. The van der Waals surface area contributed by atoms with E-state index < -0.39 is 29.8 Å². The summed E-state index contributed by atoms with van der Waals surface area (Å²) in [6.07, 6.45) is -3.34. The minimum absolute atomic E-state index is 0.184. The van der Waals surface area contributed by atoms with Gasteiger partial charge < -0.3 is 10.4 Å². The van der Waals surface area contributed by atoms with Crippen LogP contribution in [0.5, 0.6) is 0 Å². The van der Waals surface area contributed by atoms with E-state index in [-0.39, 0.29) is 18.7 Å². The van der Waals surface area contributed by atoms with E-state index in [1.165, 1.54) is 23.9 Å². The van der Waals surface area contributed by atoms with Crippen molar-refractivity contribution in [3.05, 3.63) is 48.0 Å². The molecule has 2 aromatic carbocycles. The van der Waals surface area contributed by atoms with E-state index >= 15 is 0 Å². The molecule has 1 aliphatic heterocycles. The molecule has 0 spiro atoms. The summed E-state index contributed by atoms with van der Waals surface area (Å²) >= 11 is 1.43. The van der Waals surface area contributed by atoms with Crippen LogP contribution in [-0.2, 0) is 11.0 Å². The minimum atomic E-state index is -4.69. The molecular weight excluding hydrogens is 405 g/mol. The van der Waals surface area contributed by atoms with Crippen LogP contribution in [0.25, 0.3) is 11.1 Å². The number of alkyl halides is 3. The van der Waals surface area contributed by atoms with Gasteiger partial charge in [-0.1, -0.05) is 24.3 Å². The van der Waals surface area contributed by atoms with Gasteiger partial charge in [0.05, 0.1) is 11.3 Å². The van der Waals surface area contributed by atoms with Crippen LogP contribution in [0.2, 0.25) is 0 Å². The molecule has 2 amide bonds. The molecule has 2 N–H and O–H groups in total. The smallest absolute Gasteiger partial charge is 0.418 e. The van der Waals surface area contributed by atoms with Crippen molar-refractivity contribution in [2.45, 2.75) is 30.0 Å². The number of rotatable bonds is 4. The van der Waals surface area contributed by atoms with Crippen molar-refractivity contribution in [3.8, 4) is 11.1 Å². The van der Waals surface area contributed by atoms with Gasteiger partial charge in [0.2, 0.25) is 5.91 Å². The van der Waals surface area contributed by atoms with Crippen LogP contribution in [0.4, 0.5) is 23.7 Å². The first kappa shape index (κ1) is 21.0. The number of thioether (sulfide) groups is 1. The average Bonchev–Trinajstić information content (AvgIpc) is 3.18. The summed E-state index contributed by atoms with van der Waals surface area (Å²) in [5.41, 5.74) is -0.311. The summed E-state index contributed by atoms with van der Waals surface area (Å²) in [5, 5.41) is 11.4. The van der Waals surface area contributed by atoms with Gasteiger partial charge in [0.15, 0.2) is 0 Å². The predicted molar refractivity (Wildman–Crippen MR) is 105 cm³/mol. The Balaban J connectivity index is 1.95. The fraction of sp³-hybridized carbons (Fsp3) is 0.300. The second-order valence-corrected chi connectivity index (χ2v) is 7.43. The summed E-state index contributed by atoms with van der Waals surface area (Å²) in [5.74, 6) is -0.757. The maximum Gasteiger partial charge on any atom is 0.418 e. The van der Waals surface area contributed by atoms with Crippen molar-refractivity contribution >= 4 is 29.4 Å². The molecule has 0 saturated carbocycles. The first-order chi connectivity index (χ1) is 13.7. The van der Waals surface area contributed by atoms with Crippen molar-refractivity contribution in [2.24, 2.45) is 0 Å². The Morgan fingerprint density at radius 2 is 1.93 bits per heavy atom. The molecule has 0 radical (unpaired) electrons. The number of amides is 2. The molecule has 0 aromatic heterocycles. The van der Waals surface area contributed by atoms with Crippen LogP contribution in [-0.4, -0.2) is 40.8 Å². The zero-order valence-corrected chi connectivity index (χ0v) is 16.3. The third-order valence-corrected chi connectivity index (χ3v) is 5.60. The van der Waals surface area contributed by atoms with Gasteiger partial charge in [-0.2, -0.15) is 13.2 Å². The van der Waals surface area contributed by atoms with Gasteiger partial charge in [0, 0.05) is 11.4 Å². The van der Waals surface area contributed by atoms with E-state index in [9.17, 15) is 22.8 Å². The Bertz CT molecular complexity index is 933. The summed E-state index contributed by atoms with van der Waals surface area (Å²) in [4.78, 5) is 25.5. The first-order valence-corrected chi connectivity index (χ1v) is 10.1. The molecule has 1 aliphatic rings. The average molecular weight is 424 g/mol. The second-order valence-electron chi connectivity index (χ2n) is 6.58. The van der Waals surface area contributed by atoms with Crippen LogP contribution >= 0.6 is 11.8 Å². The van der Waals surface area contributed by atoms with E-state index in [1.807, 2.05) is 18.4 Å². The van der Waals surface area contributed by atoms with Gasteiger partial charge in [0.1, 0.15) is 6.04 Å². The van der Waals surface area contributed by atoms with E-state index in [2.05, 4.69) is 5.32 Å². The van der Waals surface area contributed by atoms with Gasteiger partial charge >= 0.3 is 12.3 Å². The quantitative estimate of drug-likeness (QED) is 0.664. The molecule has 1 heterocycles. The Morgan fingerprint density at radius 3 is 2.59 bits per heavy atom. The zero-order chi connectivity index (χ0) is 21.2. The number of anilines is 1. The van der Waals surface area contributed by atoms with Crippen molar-refractivity contribution in [3.63, 3.8) is 0 Å². The van der Waals surface area contributed by atoms with E-state index in [0.29, 0.717) is 17.5 Å². The van der Waals surface area contributed by atoms with Crippen molar-refractivity contribution in [1.29, 1.82) is 0 Å². The number of likely N-dealkylation sites (tertiary alicyclic amines) is 1. The minimum Gasteiger partial charge on any atom is -0.465 e. The molecule has 1 saturated heterocycles. The Morgan fingerprint density at radius 1 is 1.21 bits per heavy atom. The van der Waals surface area contributed by atoms with Crippen molar-refractivity contribution in [1.82, 2.24) is 4.90 Å². The lowest BCUT2D eigenvalue weighted by Gasteiger charge is -2.22. The normalized spacial score (nSPS) is 16.7. The maximum atomic E-state index is 13.7. The molecule has 0 bridgehead atoms. The molecule has 5 nitrogen and oxygen atoms in total. The zero-order valence-electron chi connectivity index (χ0n) is 15.5. The summed E-state index contributed by atoms with van der Waals surface area (Å²) in [6, 6.07) is 9.87. The summed E-state index contributed by atoms with van der Waals surface area (Å²) in [6.45, 7) is 0.184. The highest BCUT2D eigenvalue weighted by molar-refractivity contribution is 7.98. The highest BCUT2D eigenvalue weighted by Gasteiger charge is 2.37. The second kappa shape index (κ2) is 8.36. The van der Waals surface area contributed by atoms with E-state index in [4.69, 9.17) is 5.11 Å². The van der Waals surface area contributed by atoms with Crippen LogP contribution < -0.4 is 5.32 Å². The van der Waals surface area contributed by atoms with Gasteiger partial charge in [-0.3, -0.25) is 9.69 Å². The van der Waals surface area contributed by atoms with Gasteiger partial charge in [-0.25, -0.2) is 4.79 Å². The highest BCUT2D eigenvalue weighted by Crippen LogP contribution is 2.39. The molecule has 9 heteroatoms. The van der Waals surface area contributed by atoms with Gasteiger partial charge in [0.25, 0.3) is 0 Å². The van der Waals surface area contributed by atoms with Crippen molar-refractivity contribution < 1.29 is 27.9 Å². The Labute approximate surface area is 169 Å². The number of nitrogens with one attached hydrogen (secondary N) is 1. The standard InChI is InChI=1S/C20H19F3N2O3S/c1-29-17-7-3-2-5-13(17)12-8-9-15(14(11-12)20(21,22)23)24-18(26)16-6-4-10-25(16)19(27)28/h2-3,5,7-9,11,16H,4,6,10H2,1H3,(H,24,26)(H,27,28). The monoisotopic (exact) mass is 424 g/mol. The maximum absolute atomic E-state index is 13.7. The molecule has 154 valence electrons. The Hall–Kier alpha value is -2.68. The van der Waals surface area contributed by atoms with Crippen LogP contribution in [0.3, 0.4) is 0 Å². The van der Waals surface area contributed by atoms with Gasteiger partial charge in [-0.05, 0) is 48.4 Å². The third-order valence-electron chi connectivity index (χ3n) is 4.80. The highest BCUT2D eigenvalue weighted by atomic mass is 32.2. The largest absolute Gasteiger partial charge is 0.465 e. The van der Waals surface area contributed by atoms with Crippen molar-refractivity contribution in [2.75, 3.05) is 18.1 Å². The fourth-order valence-electron chi connectivity index (χ4n) is 3.42. The summed E-state index contributed by atoms with van der Waals surface area (Å²) in [7, 11) is 0. The number of carbonyl (C=O) groups excluding carboxylic acids is 1. The molecule has 2 aromatic rings. The number of benzene rings is 2. The molecule has 1 atom stereocenters. The number of nitrogens with zero attached hydrogens (tertiary/aromatic N) is 1. The number of carboxylic acid groups (broad SMARTS) is 1. The lowest BCUT2D eigenvalue weighted by atomic mass is 10.0. The molecule has 29 heavy (non-hydrogen) atoms. The first-order valence-electron chi connectivity index (χ1n) is 8.87. The van der Waals surface area contributed by atoms with Crippen LogP contribution in [0, 0.1) is 0 Å². The fourth-order valence-corrected chi connectivity index (χ4v) is 4.04. The van der Waals surface area contributed by atoms with E-state index in [0.717, 1.165) is 15.9 Å². The number of carbonyl (C=O) groups is 2. The molecule has 0 aliphatic carbocycles. The number of hydrogen-bond acceptors (Lipinski definition) is 3. The third kappa shape index (κ3) is 4.50.